The summed E-state index contributed by atoms with van der Waals surface area (Å²) >= 11 is 0. The van der Waals surface area contributed by atoms with Gasteiger partial charge in [0.2, 0.25) is 11.8 Å². The third-order valence-electron chi connectivity index (χ3n) is 3.61. The van der Waals surface area contributed by atoms with Crippen molar-refractivity contribution >= 4 is 17.8 Å². The minimum absolute atomic E-state index is 0.00610. The van der Waals surface area contributed by atoms with Crippen molar-refractivity contribution in [2.75, 3.05) is 13.1 Å². The molecule has 1 aliphatic rings. The molecule has 1 saturated heterocycles. The van der Waals surface area contributed by atoms with Crippen molar-refractivity contribution in [1.82, 2.24) is 10.2 Å². The van der Waals surface area contributed by atoms with Gasteiger partial charge in [-0.3, -0.25) is 14.4 Å². The van der Waals surface area contributed by atoms with Crippen LogP contribution in [0.4, 0.5) is 0 Å². The molecular weight excluding hydrogens is 248 g/mol. The van der Waals surface area contributed by atoms with Crippen molar-refractivity contribution in [3.63, 3.8) is 0 Å². The maximum absolute atomic E-state index is 12.2. The predicted octanol–water partition coefficient (Wildman–Crippen LogP) is 0.326. The molecule has 2 unspecified atom stereocenters. The first-order chi connectivity index (χ1) is 8.73. The van der Waals surface area contributed by atoms with Crippen LogP contribution in [0.1, 0.15) is 27.7 Å². The number of rotatable bonds is 5. The van der Waals surface area contributed by atoms with Gasteiger partial charge < -0.3 is 15.3 Å². The van der Waals surface area contributed by atoms with Gasteiger partial charge in [-0.05, 0) is 5.92 Å². The summed E-state index contributed by atoms with van der Waals surface area (Å²) in [6, 6.07) is -0.529. The van der Waals surface area contributed by atoms with Crippen molar-refractivity contribution in [3.8, 4) is 0 Å². The highest BCUT2D eigenvalue weighted by atomic mass is 16.4. The fourth-order valence-electron chi connectivity index (χ4n) is 2.14. The van der Waals surface area contributed by atoms with E-state index in [1.54, 1.807) is 11.8 Å². The molecule has 1 heterocycles. The van der Waals surface area contributed by atoms with E-state index in [4.69, 9.17) is 5.11 Å². The molecule has 2 atom stereocenters. The van der Waals surface area contributed by atoms with E-state index in [9.17, 15) is 14.4 Å². The van der Waals surface area contributed by atoms with Gasteiger partial charge in [0.25, 0.3) is 0 Å². The minimum atomic E-state index is -0.834. The number of amides is 2. The molecule has 0 bridgehead atoms. The second kappa shape index (κ2) is 6.04. The number of hydrogen-bond donors (Lipinski definition) is 2. The SMILES string of the molecule is CC(=O)NC(C(=O)N1CC(C(C)C(=O)O)C1)C(C)C. The number of carbonyl (C=O) groups is 3. The largest absolute Gasteiger partial charge is 0.481 e. The number of likely N-dealkylation sites (tertiary alicyclic amines) is 1. The Labute approximate surface area is 113 Å². The fourth-order valence-corrected chi connectivity index (χ4v) is 2.14. The Hall–Kier alpha value is -1.59. The Kier molecular flexibility index (Phi) is 4.91. The van der Waals surface area contributed by atoms with E-state index in [-0.39, 0.29) is 23.7 Å². The average Bonchev–Trinajstić information content (AvgIpc) is 2.22. The van der Waals surface area contributed by atoms with Crippen LogP contribution in [0.25, 0.3) is 0 Å². The monoisotopic (exact) mass is 270 g/mol. The van der Waals surface area contributed by atoms with Gasteiger partial charge in [-0.25, -0.2) is 0 Å². The average molecular weight is 270 g/mol. The molecule has 6 nitrogen and oxygen atoms in total. The van der Waals surface area contributed by atoms with Crippen molar-refractivity contribution in [1.29, 1.82) is 0 Å². The molecule has 0 aliphatic carbocycles. The van der Waals surface area contributed by atoms with Gasteiger partial charge in [0.15, 0.2) is 0 Å². The predicted molar refractivity (Wildman–Crippen MR) is 69.3 cm³/mol. The zero-order chi connectivity index (χ0) is 14.7. The fraction of sp³-hybridized carbons (Fsp3) is 0.769. The van der Waals surface area contributed by atoms with E-state index in [2.05, 4.69) is 5.32 Å². The van der Waals surface area contributed by atoms with E-state index in [0.29, 0.717) is 13.1 Å². The van der Waals surface area contributed by atoms with Crippen molar-refractivity contribution in [3.05, 3.63) is 0 Å². The summed E-state index contributed by atoms with van der Waals surface area (Å²) in [5, 5.41) is 11.5. The Morgan fingerprint density at radius 1 is 1.21 bits per heavy atom. The molecule has 0 aromatic carbocycles. The molecule has 0 saturated carbocycles. The first kappa shape index (κ1) is 15.5. The molecule has 19 heavy (non-hydrogen) atoms. The Morgan fingerprint density at radius 2 is 1.74 bits per heavy atom. The van der Waals surface area contributed by atoms with E-state index >= 15 is 0 Å². The molecule has 1 rings (SSSR count). The second-order valence-electron chi connectivity index (χ2n) is 5.55. The lowest BCUT2D eigenvalue weighted by Gasteiger charge is -2.43. The molecule has 2 N–H and O–H groups in total. The number of nitrogens with one attached hydrogen (secondary N) is 1. The smallest absolute Gasteiger partial charge is 0.306 e. The van der Waals surface area contributed by atoms with E-state index in [0.717, 1.165) is 0 Å². The maximum Gasteiger partial charge on any atom is 0.306 e. The summed E-state index contributed by atoms with van der Waals surface area (Å²) in [4.78, 5) is 35.8. The van der Waals surface area contributed by atoms with Gasteiger partial charge in [-0.15, -0.1) is 0 Å². The number of carboxylic acid groups (broad SMARTS) is 1. The summed E-state index contributed by atoms with van der Waals surface area (Å²) in [5.41, 5.74) is 0. The number of aliphatic carboxylic acids is 1. The van der Waals surface area contributed by atoms with E-state index in [1.807, 2.05) is 13.8 Å². The zero-order valence-electron chi connectivity index (χ0n) is 11.8. The second-order valence-corrected chi connectivity index (χ2v) is 5.55. The van der Waals surface area contributed by atoms with Crippen molar-refractivity contribution < 1.29 is 19.5 Å². The topological polar surface area (TPSA) is 86.7 Å². The maximum atomic E-state index is 12.2. The third kappa shape index (κ3) is 3.68. The van der Waals surface area contributed by atoms with Crippen LogP contribution >= 0.6 is 0 Å². The molecule has 108 valence electrons. The lowest BCUT2D eigenvalue weighted by atomic mass is 9.86. The van der Waals surface area contributed by atoms with Gasteiger partial charge in [0.05, 0.1) is 5.92 Å². The number of hydrogen-bond acceptors (Lipinski definition) is 3. The lowest BCUT2D eigenvalue weighted by Crippen LogP contribution is -2.59. The highest BCUT2D eigenvalue weighted by Crippen LogP contribution is 2.25. The van der Waals surface area contributed by atoms with Crippen LogP contribution in [-0.4, -0.2) is 46.9 Å². The van der Waals surface area contributed by atoms with Crippen LogP contribution in [0.15, 0.2) is 0 Å². The van der Waals surface area contributed by atoms with Crippen molar-refractivity contribution in [2.24, 2.45) is 17.8 Å². The summed E-state index contributed by atoms with van der Waals surface area (Å²) < 4.78 is 0. The van der Waals surface area contributed by atoms with E-state index in [1.165, 1.54) is 6.92 Å². The van der Waals surface area contributed by atoms with Gasteiger partial charge in [0.1, 0.15) is 6.04 Å². The zero-order valence-corrected chi connectivity index (χ0v) is 11.8. The third-order valence-corrected chi connectivity index (χ3v) is 3.61. The summed E-state index contributed by atoms with van der Waals surface area (Å²) in [7, 11) is 0. The number of nitrogens with zero attached hydrogens (tertiary/aromatic N) is 1. The molecule has 0 spiro atoms. The molecular formula is C13H22N2O4. The standard InChI is InChI=1S/C13H22N2O4/c1-7(2)11(14-9(4)16)12(17)15-5-10(6-15)8(3)13(18)19/h7-8,10-11H,5-6H2,1-4H3,(H,14,16)(H,18,19). The van der Waals surface area contributed by atoms with Gasteiger partial charge >= 0.3 is 5.97 Å². The van der Waals surface area contributed by atoms with Crippen LogP contribution in [0.2, 0.25) is 0 Å². The van der Waals surface area contributed by atoms with Gasteiger partial charge in [-0.1, -0.05) is 20.8 Å². The molecule has 1 aliphatic heterocycles. The van der Waals surface area contributed by atoms with Crippen LogP contribution in [0.3, 0.4) is 0 Å². The molecule has 2 amide bonds. The summed E-state index contributed by atoms with van der Waals surface area (Å²) in [6.45, 7) is 7.69. The quantitative estimate of drug-likeness (QED) is 0.753. The highest BCUT2D eigenvalue weighted by molar-refractivity contribution is 5.87. The van der Waals surface area contributed by atoms with Crippen LogP contribution < -0.4 is 5.32 Å². The Morgan fingerprint density at radius 3 is 2.11 bits per heavy atom. The molecule has 0 aromatic rings. The first-order valence-electron chi connectivity index (χ1n) is 6.52. The minimum Gasteiger partial charge on any atom is -0.481 e. The normalized spacial score (nSPS) is 18.7. The van der Waals surface area contributed by atoms with Gasteiger partial charge in [0, 0.05) is 25.9 Å². The van der Waals surface area contributed by atoms with Crippen LogP contribution in [0.5, 0.6) is 0 Å². The first-order valence-corrected chi connectivity index (χ1v) is 6.52. The van der Waals surface area contributed by atoms with Gasteiger partial charge in [-0.2, -0.15) is 0 Å². The Balaban J connectivity index is 2.55. The van der Waals surface area contributed by atoms with Crippen LogP contribution in [0, 0.1) is 17.8 Å². The number of carbonyl (C=O) groups excluding carboxylic acids is 2. The molecule has 6 heteroatoms. The highest BCUT2D eigenvalue weighted by Gasteiger charge is 2.40. The number of carboxylic acids is 1. The van der Waals surface area contributed by atoms with Crippen molar-refractivity contribution in [2.45, 2.75) is 33.7 Å². The Bertz CT molecular complexity index is 375. The summed E-state index contributed by atoms with van der Waals surface area (Å²) in [6.07, 6.45) is 0. The molecule has 0 aromatic heterocycles. The van der Waals surface area contributed by atoms with E-state index < -0.39 is 17.9 Å². The van der Waals surface area contributed by atoms with Crippen LogP contribution in [-0.2, 0) is 14.4 Å². The lowest BCUT2D eigenvalue weighted by molar-refractivity contribution is -0.152. The summed E-state index contributed by atoms with van der Waals surface area (Å²) in [5.74, 6) is -1.62. The molecule has 1 fully saturated rings. The molecule has 0 radical (unpaired) electrons.